The minimum Gasteiger partial charge on any atom is -0.322 e. The molecule has 1 amide bonds. The molecular weight excluding hydrogens is 480 g/mol. The quantitative estimate of drug-likeness (QED) is 0.289. The molecular formula is C27H19ClF4N2O. The Balaban J connectivity index is 1.72. The number of rotatable bonds is 4. The summed E-state index contributed by atoms with van der Waals surface area (Å²) in [6.07, 6.45) is -4.62. The Morgan fingerprint density at radius 1 is 0.886 bits per heavy atom. The van der Waals surface area contributed by atoms with Crippen molar-refractivity contribution in [3.05, 3.63) is 106 Å². The van der Waals surface area contributed by atoms with E-state index in [-0.39, 0.29) is 16.3 Å². The van der Waals surface area contributed by atoms with E-state index in [2.05, 4.69) is 10.3 Å². The number of carbonyl (C=O) groups is 1. The van der Waals surface area contributed by atoms with Crippen molar-refractivity contribution >= 4 is 23.2 Å². The molecule has 3 nitrogen and oxygen atoms in total. The molecule has 0 saturated heterocycles. The first-order chi connectivity index (χ1) is 16.6. The van der Waals surface area contributed by atoms with Gasteiger partial charge in [-0.15, -0.1) is 0 Å². The third-order valence-electron chi connectivity index (χ3n) is 5.54. The lowest BCUT2D eigenvalue weighted by Crippen LogP contribution is -2.16. The normalized spacial score (nSPS) is 11.4. The zero-order chi connectivity index (χ0) is 25.3. The molecule has 35 heavy (non-hydrogen) atoms. The number of hydrogen-bond acceptors (Lipinski definition) is 2. The highest BCUT2D eigenvalue weighted by Gasteiger charge is 2.33. The van der Waals surface area contributed by atoms with Crippen LogP contribution in [-0.2, 0) is 6.18 Å². The first kappa shape index (κ1) is 24.4. The fourth-order valence-electron chi connectivity index (χ4n) is 3.85. The van der Waals surface area contributed by atoms with E-state index in [1.165, 1.54) is 24.3 Å². The van der Waals surface area contributed by atoms with Crippen molar-refractivity contribution in [1.29, 1.82) is 0 Å². The maximum atomic E-state index is 14.2. The molecule has 1 aromatic heterocycles. The molecule has 8 heteroatoms. The van der Waals surface area contributed by atoms with Gasteiger partial charge in [0, 0.05) is 22.4 Å². The molecule has 4 rings (SSSR count). The summed E-state index contributed by atoms with van der Waals surface area (Å²) in [4.78, 5) is 17.1. The molecule has 0 aliphatic heterocycles. The van der Waals surface area contributed by atoms with E-state index in [9.17, 15) is 22.4 Å². The maximum absolute atomic E-state index is 14.2. The monoisotopic (exact) mass is 498 g/mol. The summed E-state index contributed by atoms with van der Waals surface area (Å²) in [7, 11) is 0. The van der Waals surface area contributed by atoms with Crippen LogP contribution in [0.3, 0.4) is 0 Å². The largest absolute Gasteiger partial charge is 0.433 e. The lowest BCUT2D eigenvalue weighted by atomic mass is 9.93. The van der Waals surface area contributed by atoms with Crippen LogP contribution >= 0.6 is 11.6 Å². The van der Waals surface area contributed by atoms with Gasteiger partial charge in [-0.1, -0.05) is 54.1 Å². The summed E-state index contributed by atoms with van der Waals surface area (Å²) in [6, 6.07) is 17.9. The highest BCUT2D eigenvalue weighted by molar-refractivity contribution is 6.33. The Morgan fingerprint density at radius 3 is 2.29 bits per heavy atom. The average Bonchev–Trinajstić information content (AvgIpc) is 2.80. The number of benzene rings is 3. The van der Waals surface area contributed by atoms with E-state index in [0.29, 0.717) is 33.5 Å². The number of aryl methyl sites for hydroxylation is 2. The molecule has 1 heterocycles. The Bertz CT molecular complexity index is 1430. The second kappa shape index (κ2) is 9.50. The fourth-order valence-corrected chi connectivity index (χ4v) is 4.13. The number of aromatic nitrogens is 1. The SMILES string of the molecule is Cc1ccc(C)c(-c2cccc(C(F)(F)F)n2)c1C(=O)Nc1ccc(-c2ccccc2F)c(Cl)c1. The van der Waals surface area contributed by atoms with Crippen LogP contribution in [0.4, 0.5) is 23.2 Å². The zero-order valence-electron chi connectivity index (χ0n) is 18.7. The first-order valence-electron chi connectivity index (χ1n) is 10.6. The van der Waals surface area contributed by atoms with Gasteiger partial charge in [-0.3, -0.25) is 4.79 Å². The lowest BCUT2D eigenvalue weighted by molar-refractivity contribution is -0.141. The topological polar surface area (TPSA) is 42.0 Å². The Labute approximate surface area is 204 Å². The number of halogens is 5. The fraction of sp³-hybridized carbons (Fsp3) is 0.111. The van der Waals surface area contributed by atoms with Crippen LogP contribution in [-0.4, -0.2) is 10.9 Å². The molecule has 1 N–H and O–H groups in total. The highest BCUT2D eigenvalue weighted by atomic mass is 35.5. The second-order valence-corrected chi connectivity index (χ2v) is 8.39. The Morgan fingerprint density at radius 2 is 1.60 bits per heavy atom. The van der Waals surface area contributed by atoms with Crippen LogP contribution in [0, 0.1) is 19.7 Å². The third-order valence-corrected chi connectivity index (χ3v) is 5.85. The molecule has 178 valence electrons. The molecule has 0 atom stereocenters. The molecule has 0 saturated carbocycles. The lowest BCUT2D eigenvalue weighted by Gasteiger charge is -2.17. The Hall–Kier alpha value is -3.71. The zero-order valence-corrected chi connectivity index (χ0v) is 19.4. The van der Waals surface area contributed by atoms with Crippen LogP contribution in [0.25, 0.3) is 22.4 Å². The van der Waals surface area contributed by atoms with Crippen LogP contribution in [0.2, 0.25) is 5.02 Å². The predicted octanol–water partition coefficient (Wildman–Crippen LogP) is 8.10. The van der Waals surface area contributed by atoms with E-state index in [1.54, 1.807) is 56.3 Å². The van der Waals surface area contributed by atoms with Crippen LogP contribution in [0.1, 0.15) is 27.2 Å². The van der Waals surface area contributed by atoms with Gasteiger partial charge >= 0.3 is 6.18 Å². The summed E-state index contributed by atoms with van der Waals surface area (Å²) in [5, 5.41) is 2.98. The number of pyridine rings is 1. The van der Waals surface area contributed by atoms with E-state index in [1.807, 2.05) is 0 Å². The van der Waals surface area contributed by atoms with Crippen molar-refractivity contribution < 1.29 is 22.4 Å². The molecule has 0 bridgehead atoms. The first-order valence-corrected chi connectivity index (χ1v) is 10.9. The minimum absolute atomic E-state index is 0.0408. The molecule has 0 aliphatic carbocycles. The van der Waals surface area contributed by atoms with E-state index in [4.69, 9.17) is 11.6 Å². The molecule has 0 spiro atoms. The summed E-state index contributed by atoms with van der Waals surface area (Å²) >= 11 is 6.37. The van der Waals surface area contributed by atoms with Crippen molar-refractivity contribution in [2.75, 3.05) is 5.32 Å². The standard InChI is InChI=1S/C27H19ClF4N2O/c1-15-10-11-16(2)25(24(15)22-8-5-9-23(34-22)27(30,31)32)26(35)33-17-12-13-18(20(28)14-17)19-6-3-4-7-21(19)29/h3-14H,1-2H3,(H,33,35). The number of hydrogen-bond donors (Lipinski definition) is 1. The van der Waals surface area contributed by atoms with E-state index < -0.39 is 23.6 Å². The maximum Gasteiger partial charge on any atom is 0.433 e. The number of amides is 1. The molecule has 0 fully saturated rings. The number of alkyl halides is 3. The number of anilines is 1. The van der Waals surface area contributed by atoms with Crippen LogP contribution < -0.4 is 5.32 Å². The van der Waals surface area contributed by atoms with Gasteiger partial charge < -0.3 is 5.32 Å². The number of nitrogens with zero attached hydrogens (tertiary/aromatic N) is 1. The van der Waals surface area contributed by atoms with Gasteiger partial charge in [0.05, 0.1) is 16.3 Å². The smallest absolute Gasteiger partial charge is 0.322 e. The van der Waals surface area contributed by atoms with E-state index >= 15 is 0 Å². The minimum atomic E-state index is -4.62. The van der Waals surface area contributed by atoms with Crippen molar-refractivity contribution in [1.82, 2.24) is 4.98 Å². The van der Waals surface area contributed by atoms with Gasteiger partial charge in [0.25, 0.3) is 5.91 Å². The highest BCUT2D eigenvalue weighted by Crippen LogP contribution is 2.35. The number of nitrogens with one attached hydrogen (secondary N) is 1. The van der Waals surface area contributed by atoms with Crippen molar-refractivity contribution in [2.45, 2.75) is 20.0 Å². The third kappa shape index (κ3) is 5.05. The predicted molar refractivity (Wildman–Crippen MR) is 129 cm³/mol. The summed E-state index contributed by atoms with van der Waals surface area (Å²) in [6.45, 7) is 3.40. The number of carbonyl (C=O) groups excluding carboxylic acids is 1. The van der Waals surface area contributed by atoms with Gasteiger partial charge in [-0.2, -0.15) is 13.2 Å². The van der Waals surface area contributed by atoms with E-state index in [0.717, 1.165) is 6.07 Å². The van der Waals surface area contributed by atoms with Crippen molar-refractivity contribution in [3.8, 4) is 22.4 Å². The van der Waals surface area contributed by atoms with Crippen molar-refractivity contribution in [2.24, 2.45) is 0 Å². The van der Waals surface area contributed by atoms with Gasteiger partial charge in [0.15, 0.2) is 0 Å². The van der Waals surface area contributed by atoms with Gasteiger partial charge in [-0.05, 0) is 55.3 Å². The van der Waals surface area contributed by atoms with Gasteiger partial charge in [0.2, 0.25) is 0 Å². The molecule has 0 unspecified atom stereocenters. The van der Waals surface area contributed by atoms with Crippen molar-refractivity contribution in [3.63, 3.8) is 0 Å². The molecule has 0 aliphatic rings. The summed E-state index contributed by atoms with van der Waals surface area (Å²) in [5.41, 5.74) is 1.80. The second-order valence-electron chi connectivity index (χ2n) is 7.98. The molecule has 3 aromatic carbocycles. The van der Waals surface area contributed by atoms with Crippen LogP contribution in [0.15, 0.2) is 72.8 Å². The summed E-state index contributed by atoms with van der Waals surface area (Å²) < 4.78 is 53.9. The summed E-state index contributed by atoms with van der Waals surface area (Å²) in [5.74, 6) is -0.963. The van der Waals surface area contributed by atoms with Gasteiger partial charge in [0.1, 0.15) is 11.5 Å². The van der Waals surface area contributed by atoms with Gasteiger partial charge in [-0.25, -0.2) is 9.37 Å². The average molecular weight is 499 g/mol. The molecule has 0 radical (unpaired) electrons. The Kier molecular flexibility index (Phi) is 6.63. The van der Waals surface area contributed by atoms with Crippen LogP contribution in [0.5, 0.6) is 0 Å². The molecule has 4 aromatic rings.